The smallest absolute Gasteiger partial charge is 0.211 e. The Balaban J connectivity index is 1.21. The van der Waals surface area contributed by atoms with Crippen LogP contribution in [-0.4, -0.2) is 63.9 Å². The highest BCUT2D eigenvalue weighted by Gasteiger charge is 2.41. The fraction of sp³-hybridized carbons (Fsp3) is 0.435. The molecule has 1 amide bonds. The Morgan fingerprint density at radius 3 is 2.88 bits per heavy atom. The molecule has 1 saturated heterocycles. The number of thiazole rings is 1. The van der Waals surface area contributed by atoms with E-state index in [4.69, 9.17) is 4.74 Å². The van der Waals surface area contributed by atoms with Gasteiger partial charge in [-0.25, -0.2) is 9.37 Å². The van der Waals surface area contributed by atoms with Crippen LogP contribution in [0.3, 0.4) is 0 Å². The number of anilines is 1. The first-order chi connectivity index (χ1) is 16.7. The third-order valence-electron chi connectivity index (χ3n) is 6.39. The van der Waals surface area contributed by atoms with Crippen molar-refractivity contribution in [3.63, 3.8) is 0 Å². The van der Waals surface area contributed by atoms with Crippen LogP contribution in [0.15, 0.2) is 36.7 Å². The van der Waals surface area contributed by atoms with Crippen LogP contribution in [0.4, 0.5) is 10.2 Å². The second-order valence-electron chi connectivity index (χ2n) is 8.58. The molecule has 3 aromatic heterocycles. The molecule has 0 unspecified atom stereocenters. The van der Waals surface area contributed by atoms with Crippen LogP contribution in [0.5, 0.6) is 0 Å². The minimum Gasteiger partial charge on any atom is -0.377 e. The van der Waals surface area contributed by atoms with E-state index in [0.29, 0.717) is 43.5 Å². The second kappa shape index (κ2) is 10.1. The molecule has 34 heavy (non-hydrogen) atoms. The first-order valence-electron chi connectivity index (χ1n) is 11.3. The molecule has 11 heteroatoms. The maximum atomic E-state index is 14.3. The molecule has 0 aromatic carbocycles. The van der Waals surface area contributed by atoms with Gasteiger partial charge in [0.2, 0.25) is 6.41 Å². The lowest BCUT2D eigenvalue weighted by Crippen LogP contribution is -2.51. The summed E-state index contributed by atoms with van der Waals surface area (Å²) in [6.07, 6.45) is 6.93. The molecule has 9 nitrogen and oxygen atoms in total. The van der Waals surface area contributed by atoms with Crippen molar-refractivity contribution in [2.24, 2.45) is 0 Å². The van der Waals surface area contributed by atoms with Gasteiger partial charge in [0, 0.05) is 35.8 Å². The second-order valence-corrected chi connectivity index (χ2v) is 9.69. The molecule has 0 bridgehead atoms. The highest BCUT2D eigenvalue weighted by molar-refractivity contribution is 7.15. The van der Waals surface area contributed by atoms with Gasteiger partial charge in [-0.05, 0) is 37.1 Å². The Morgan fingerprint density at radius 2 is 2.21 bits per heavy atom. The Labute approximate surface area is 200 Å². The Kier molecular flexibility index (Phi) is 6.75. The van der Waals surface area contributed by atoms with Crippen LogP contribution in [0.25, 0.3) is 10.7 Å². The van der Waals surface area contributed by atoms with Crippen molar-refractivity contribution < 1.29 is 13.9 Å². The first-order valence-corrected chi connectivity index (χ1v) is 12.1. The molecule has 2 aliphatic rings. The molecule has 1 aliphatic heterocycles. The zero-order chi connectivity index (χ0) is 23.4. The first kappa shape index (κ1) is 22.8. The van der Waals surface area contributed by atoms with Gasteiger partial charge in [-0.2, -0.15) is 0 Å². The van der Waals surface area contributed by atoms with Gasteiger partial charge in [0.25, 0.3) is 0 Å². The quantitative estimate of drug-likeness (QED) is 0.448. The zero-order valence-electron chi connectivity index (χ0n) is 18.6. The highest BCUT2D eigenvalue weighted by atomic mass is 32.1. The molecule has 1 saturated carbocycles. The van der Waals surface area contributed by atoms with Gasteiger partial charge in [-0.1, -0.05) is 6.42 Å². The third-order valence-corrected chi connectivity index (χ3v) is 7.40. The molecule has 5 rings (SSSR count). The normalized spacial score (nSPS) is 19.3. The summed E-state index contributed by atoms with van der Waals surface area (Å²) >= 11 is 1.48. The monoisotopic (exact) mass is 483 g/mol. The number of nitrogens with one attached hydrogen (secondary N) is 2. The van der Waals surface area contributed by atoms with E-state index < -0.39 is 0 Å². The van der Waals surface area contributed by atoms with E-state index in [1.54, 1.807) is 23.4 Å². The topological polar surface area (TPSA) is 105 Å². The lowest BCUT2D eigenvalue weighted by atomic mass is 9.66. The molecule has 178 valence electrons. The number of carbonyl (C=O) groups is 1. The fourth-order valence-electron chi connectivity index (χ4n) is 4.34. The molecule has 3 aromatic rings. The largest absolute Gasteiger partial charge is 0.377 e. The molecule has 4 heterocycles. The van der Waals surface area contributed by atoms with Crippen LogP contribution >= 0.6 is 11.3 Å². The lowest BCUT2D eigenvalue weighted by Gasteiger charge is -2.41. The van der Waals surface area contributed by atoms with E-state index in [-0.39, 0.29) is 17.4 Å². The summed E-state index contributed by atoms with van der Waals surface area (Å²) in [5.41, 5.74) is 0.874. The molecule has 0 radical (unpaired) electrons. The standard InChI is InChI=1S/C23H26FN7O2S/c24-17-3-1-8-26-21(17)23(6-2-7-23)14-28-19-5-4-18(29-30-19)22-27-11-16(34-22)12-31(15-32)20-13-33-10-9-25-20/h1,3-5,8,11,15,20,25H,2,6-7,9-10,12-14H2,(H,28,30)/t20-/m0/s1. The maximum Gasteiger partial charge on any atom is 0.211 e. The molecular weight excluding hydrogens is 457 g/mol. The summed E-state index contributed by atoms with van der Waals surface area (Å²) in [6.45, 7) is 2.84. The van der Waals surface area contributed by atoms with E-state index in [0.717, 1.165) is 42.1 Å². The van der Waals surface area contributed by atoms with Crippen molar-refractivity contribution in [3.8, 4) is 10.7 Å². The predicted molar refractivity (Wildman–Crippen MR) is 126 cm³/mol. The summed E-state index contributed by atoms with van der Waals surface area (Å²) in [4.78, 5) is 22.9. The summed E-state index contributed by atoms with van der Waals surface area (Å²) in [5.74, 6) is 0.364. The minimum atomic E-state index is -0.307. The van der Waals surface area contributed by atoms with Crippen LogP contribution in [0.1, 0.15) is 29.8 Å². The highest BCUT2D eigenvalue weighted by Crippen LogP contribution is 2.43. The number of amides is 1. The molecule has 1 atom stereocenters. The SMILES string of the molecule is O=CN(Cc1cnc(-c2ccc(NCC3(c4ncccc4F)CCC3)nn2)s1)[C@H]1COCCN1. The number of rotatable bonds is 9. The van der Waals surface area contributed by atoms with Crippen molar-refractivity contribution in [3.05, 3.63) is 53.0 Å². The van der Waals surface area contributed by atoms with Crippen molar-refractivity contribution in [2.75, 3.05) is 31.6 Å². The van der Waals surface area contributed by atoms with E-state index in [1.165, 1.54) is 17.4 Å². The summed E-state index contributed by atoms with van der Waals surface area (Å²) in [6, 6.07) is 6.80. The lowest BCUT2D eigenvalue weighted by molar-refractivity contribution is -0.124. The summed E-state index contributed by atoms with van der Waals surface area (Å²) in [7, 11) is 0. The van der Waals surface area contributed by atoms with Gasteiger partial charge in [0.15, 0.2) is 0 Å². The molecule has 0 spiro atoms. The van der Waals surface area contributed by atoms with E-state index in [2.05, 4.69) is 30.8 Å². The van der Waals surface area contributed by atoms with Crippen LogP contribution in [0.2, 0.25) is 0 Å². The summed E-state index contributed by atoms with van der Waals surface area (Å²) in [5, 5.41) is 15.9. The number of pyridine rings is 1. The predicted octanol–water partition coefficient (Wildman–Crippen LogP) is 2.57. The number of nitrogens with zero attached hydrogens (tertiary/aromatic N) is 5. The average Bonchev–Trinajstić information content (AvgIpc) is 3.32. The van der Waals surface area contributed by atoms with E-state index >= 15 is 0 Å². The number of ether oxygens (including phenoxy) is 1. The fourth-order valence-corrected chi connectivity index (χ4v) is 5.23. The van der Waals surface area contributed by atoms with Gasteiger partial charge < -0.3 is 15.0 Å². The van der Waals surface area contributed by atoms with Crippen LogP contribution < -0.4 is 10.6 Å². The molecular formula is C23H26FN7O2S. The molecule has 2 fully saturated rings. The van der Waals surface area contributed by atoms with E-state index in [1.807, 2.05) is 12.1 Å². The average molecular weight is 484 g/mol. The van der Waals surface area contributed by atoms with Crippen molar-refractivity contribution in [1.82, 2.24) is 30.4 Å². The van der Waals surface area contributed by atoms with Gasteiger partial charge in [0.05, 0.1) is 25.5 Å². The Bertz CT molecular complexity index is 1120. The minimum absolute atomic E-state index is 0.138. The summed E-state index contributed by atoms with van der Waals surface area (Å²) < 4.78 is 19.8. The Morgan fingerprint density at radius 1 is 1.29 bits per heavy atom. The number of morpholine rings is 1. The number of hydrogen-bond donors (Lipinski definition) is 2. The molecule has 1 aliphatic carbocycles. The zero-order valence-corrected chi connectivity index (χ0v) is 19.4. The number of hydrogen-bond acceptors (Lipinski definition) is 9. The third kappa shape index (κ3) is 4.77. The number of carbonyl (C=O) groups excluding carboxylic acids is 1. The van der Waals surface area contributed by atoms with Gasteiger partial charge in [0.1, 0.15) is 28.5 Å². The van der Waals surface area contributed by atoms with Crippen molar-refractivity contribution in [1.29, 1.82) is 0 Å². The van der Waals surface area contributed by atoms with Gasteiger partial charge in [-0.3, -0.25) is 15.1 Å². The van der Waals surface area contributed by atoms with Crippen LogP contribution in [-0.2, 0) is 21.5 Å². The number of aromatic nitrogens is 4. The van der Waals surface area contributed by atoms with E-state index in [9.17, 15) is 9.18 Å². The van der Waals surface area contributed by atoms with Crippen LogP contribution in [0, 0.1) is 5.82 Å². The molecule has 2 N–H and O–H groups in total. The van der Waals surface area contributed by atoms with Crippen molar-refractivity contribution in [2.45, 2.75) is 37.4 Å². The maximum absolute atomic E-state index is 14.3. The Hall–Kier alpha value is -3.02. The van der Waals surface area contributed by atoms with Gasteiger partial charge in [-0.15, -0.1) is 21.5 Å². The van der Waals surface area contributed by atoms with Crippen molar-refractivity contribution >= 4 is 23.6 Å². The number of halogens is 1. The van der Waals surface area contributed by atoms with Gasteiger partial charge >= 0.3 is 0 Å².